The van der Waals surface area contributed by atoms with E-state index in [4.69, 9.17) is 16.3 Å². The minimum Gasteiger partial charge on any atom is -0.481 e. The standard InChI is InChI=1S/C13H14ClN3O/c1-9-16-12(7-13(17-9)18-2)15-8-10-3-5-11(14)6-4-10/h3-7H,8H2,1-2H3,(H,15,16,17). The second-order valence-electron chi connectivity index (χ2n) is 3.82. The molecule has 2 aromatic rings. The summed E-state index contributed by atoms with van der Waals surface area (Å²) in [5, 5.41) is 3.96. The van der Waals surface area contributed by atoms with E-state index in [1.54, 1.807) is 13.2 Å². The van der Waals surface area contributed by atoms with Crippen LogP contribution in [0.15, 0.2) is 30.3 Å². The zero-order valence-corrected chi connectivity index (χ0v) is 11.0. The molecule has 0 aliphatic rings. The van der Waals surface area contributed by atoms with Gasteiger partial charge in [0.2, 0.25) is 5.88 Å². The SMILES string of the molecule is COc1cc(NCc2ccc(Cl)cc2)nc(C)n1. The molecule has 0 aliphatic carbocycles. The number of hydrogen-bond acceptors (Lipinski definition) is 4. The van der Waals surface area contributed by atoms with Crippen LogP contribution in [0.5, 0.6) is 5.88 Å². The highest BCUT2D eigenvalue weighted by molar-refractivity contribution is 6.30. The molecule has 0 radical (unpaired) electrons. The molecule has 18 heavy (non-hydrogen) atoms. The van der Waals surface area contributed by atoms with Gasteiger partial charge in [0.05, 0.1) is 7.11 Å². The van der Waals surface area contributed by atoms with Crippen molar-refractivity contribution >= 4 is 17.4 Å². The summed E-state index contributed by atoms with van der Waals surface area (Å²) in [6, 6.07) is 9.44. The fourth-order valence-corrected chi connectivity index (χ4v) is 1.66. The number of methoxy groups -OCH3 is 1. The Bertz CT molecular complexity index is 528. The summed E-state index contributed by atoms with van der Waals surface area (Å²) in [6.07, 6.45) is 0. The van der Waals surface area contributed by atoms with E-state index in [-0.39, 0.29) is 0 Å². The summed E-state index contributed by atoms with van der Waals surface area (Å²) in [7, 11) is 1.59. The van der Waals surface area contributed by atoms with Gasteiger partial charge in [-0.1, -0.05) is 23.7 Å². The van der Waals surface area contributed by atoms with Gasteiger partial charge in [-0.05, 0) is 24.6 Å². The monoisotopic (exact) mass is 263 g/mol. The molecule has 4 nitrogen and oxygen atoms in total. The molecular formula is C13H14ClN3O. The summed E-state index contributed by atoms with van der Waals surface area (Å²) < 4.78 is 5.09. The van der Waals surface area contributed by atoms with Crippen LogP contribution in [0.3, 0.4) is 0 Å². The Labute approximate surface area is 111 Å². The van der Waals surface area contributed by atoms with Crippen molar-refractivity contribution in [2.45, 2.75) is 13.5 Å². The van der Waals surface area contributed by atoms with E-state index >= 15 is 0 Å². The number of aromatic nitrogens is 2. The van der Waals surface area contributed by atoms with Crippen LogP contribution in [0.1, 0.15) is 11.4 Å². The van der Waals surface area contributed by atoms with Crippen molar-refractivity contribution in [3.8, 4) is 5.88 Å². The highest BCUT2D eigenvalue weighted by Crippen LogP contribution is 2.14. The van der Waals surface area contributed by atoms with Gasteiger partial charge in [0.15, 0.2) is 0 Å². The molecule has 2 rings (SSSR count). The largest absolute Gasteiger partial charge is 0.481 e. The summed E-state index contributed by atoms with van der Waals surface area (Å²) in [5.41, 5.74) is 1.13. The van der Waals surface area contributed by atoms with Crippen molar-refractivity contribution in [2.75, 3.05) is 12.4 Å². The van der Waals surface area contributed by atoms with Crippen LogP contribution in [0.2, 0.25) is 5.02 Å². The van der Waals surface area contributed by atoms with Gasteiger partial charge >= 0.3 is 0 Å². The van der Waals surface area contributed by atoms with Crippen LogP contribution in [0.25, 0.3) is 0 Å². The smallest absolute Gasteiger partial charge is 0.218 e. The maximum Gasteiger partial charge on any atom is 0.218 e. The van der Waals surface area contributed by atoms with Crippen molar-refractivity contribution in [2.24, 2.45) is 0 Å². The van der Waals surface area contributed by atoms with Crippen LogP contribution in [0.4, 0.5) is 5.82 Å². The molecule has 0 fully saturated rings. The highest BCUT2D eigenvalue weighted by atomic mass is 35.5. The second-order valence-corrected chi connectivity index (χ2v) is 4.26. The number of rotatable bonds is 4. The van der Waals surface area contributed by atoms with Crippen molar-refractivity contribution < 1.29 is 4.74 Å². The van der Waals surface area contributed by atoms with E-state index in [9.17, 15) is 0 Å². The van der Waals surface area contributed by atoms with Gasteiger partial charge in [0, 0.05) is 17.6 Å². The third kappa shape index (κ3) is 3.34. The predicted octanol–water partition coefficient (Wildman–Crippen LogP) is 3.06. The Morgan fingerprint density at radius 2 is 1.94 bits per heavy atom. The number of halogens is 1. The van der Waals surface area contributed by atoms with E-state index < -0.39 is 0 Å². The van der Waals surface area contributed by atoms with Gasteiger partial charge < -0.3 is 10.1 Å². The van der Waals surface area contributed by atoms with Crippen LogP contribution in [-0.4, -0.2) is 17.1 Å². The molecule has 0 unspecified atom stereocenters. The first kappa shape index (κ1) is 12.6. The lowest BCUT2D eigenvalue weighted by Crippen LogP contribution is -2.04. The average Bonchev–Trinajstić information content (AvgIpc) is 2.37. The van der Waals surface area contributed by atoms with E-state index in [1.165, 1.54) is 0 Å². The quantitative estimate of drug-likeness (QED) is 0.921. The number of benzene rings is 1. The van der Waals surface area contributed by atoms with Gasteiger partial charge in [0.1, 0.15) is 11.6 Å². The van der Waals surface area contributed by atoms with Gasteiger partial charge in [-0.25, -0.2) is 4.98 Å². The Balaban J connectivity index is 2.05. The number of nitrogens with zero attached hydrogens (tertiary/aromatic N) is 2. The van der Waals surface area contributed by atoms with Crippen LogP contribution in [-0.2, 0) is 6.54 Å². The number of ether oxygens (including phenoxy) is 1. The molecule has 1 N–H and O–H groups in total. The molecule has 94 valence electrons. The normalized spacial score (nSPS) is 10.2. The van der Waals surface area contributed by atoms with E-state index in [2.05, 4.69) is 15.3 Å². The fraction of sp³-hybridized carbons (Fsp3) is 0.231. The lowest BCUT2D eigenvalue weighted by atomic mass is 10.2. The molecule has 1 aromatic carbocycles. The third-order valence-corrected chi connectivity index (χ3v) is 2.66. The Morgan fingerprint density at radius 1 is 1.22 bits per heavy atom. The maximum absolute atomic E-state index is 5.83. The maximum atomic E-state index is 5.83. The highest BCUT2D eigenvalue weighted by Gasteiger charge is 2.01. The minimum atomic E-state index is 0.557. The first-order valence-corrected chi connectivity index (χ1v) is 5.93. The van der Waals surface area contributed by atoms with E-state index in [0.717, 1.165) is 16.4 Å². The van der Waals surface area contributed by atoms with Crippen LogP contribution >= 0.6 is 11.6 Å². The second kappa shape index (κ2) is 5.69. The van der Waals surface area contributed by atoms with Crippen LogP contribution in [0, 0.1) is 6.92 Å². The summed E-state index contributed by atoms with van der Waals surface area (Å²) in [6.45, 7) is 2.51. The average molecular weight is 264 g/mol. The van der Waals surface area contributed by atoms with Gasteiger partial charge in [-0.3, -0.25) is 0 Å². The Hall–Kier alpha value is -1.81. The summed E-state index contributed by atoms with van der Waals surface area (Å²) in [5.74, 6) is 1.98. The Morgan fingerprint density at radius 3 is 2.61 bits per heavy atom. The zero-order chi connectivity index (χ0) is 13.0. The molecule has 1 aromatic heterocycles. The van der Waals surface area contributed by atoms with Gasteiger partial charge in [-0.2, -0.15) is 4.98 Å². The molecular weight excluding hydrogens is 250 g/mol. The molecule has 0 atom stereocenters. The van der Waals surface area contributed by atoms with E-state index in [0.29, 0.717) is 18.2 Å². The minimum absolute atomic E-state index is 0.557. The predicted molar refractivity (Wildman–Crippen MR) is 72.1 cm³/mol. The lowest BCUT2D eigenvalue weighted by molar-refractivity contribution is 0.396. The van der Waals surface area contributed by atoms with Crippen molar-refractivity contribution in [3.05, 3.63) is 46.7 Å². The molecule has 0 saturated heterocycles. The third-order valence-electron chi connectivity index (χ3n) is 2.41. The number of hydrogen-bond donors (Lipinski definition) is 1. The van der Waals surface area contributed by atoms with E-state index in [1.807, 2.05) is 31.2 Å². The molecule has 0 spiro atoms. The molecule has 1 heterocycles. The van der Waals surface area contributed by atoms with Crippen molar-refractivity contribution in [1.29, 1.82) is 0 Å². The summed E-state index contributed by atoms with van der Waals surface area (Å²) in [4.78, 5) is 8.41. The number of nitrogens with one attached hydrogen (secondary N) is 1. The fourth-order valence-electron chi connectivity index (χ4n) is 1.53. The first-order valence-electron chi connectivity index (χ1n) is 5.55. The topological polar surface area (TPSA) is 47.0 Å². The Kier molecular flexibility index (Phi) is 3.99. The molecule has 0 bridgehead atoms. The molecule has 5 heteroatoms. The molecule has 0 aliphatic heterocycles. The van der Waals surface area contributed by atoms with Crippen molar-refractivity contribution in [3.63, 3.8) is 0 Å². The van der Waals surface area contributed by atoms with Gasteiger partial charge in [-0.15, -0.1) is 0 Å². The van der Waals surface area contributed by atoms with Gasteiger partial charge in [0.25, 0.3) is 0 Å². The van der Waals surface area contributed by atoms with Crippen LogP contribution < -0.4 is 10.1 Å². The number of anilines is 1. The summed E-state index contributed by atoms with van der Waals surface area (Å²) >= 11 is 5.83. The first-order chi connectivity index (χ1) is 8.67. The van der Waals surface area contributed by atoms with Crippen molar-refractivity contribution in [1.82, 2.24) is 9.97 Å². The zero-order valence-electron chi connectivity index (χ0n) is 10.3. The number of aryl methyl sites for hydroxylation is 1. The molecule has 0 amide bonds. The molecule has 0 saturated carbocycles. The lowest BCUT2D eigenvalue weighted by Gasteiger charge is -2.08.